The standard InChI is InChI=1S/C31H29BClF2N5O10/c33-22-17(14-19(35)24(41)25(22)42)23(28(44)37-20-13-16-7-8-18(34)21(29(45)46)26(16)50-32(20)49)38-30(47)40-12-11-39(31(40)48)10-4-9-36-27(43)15-5-2-1-3-6-15/h1-3,5-8,14,20,23,41-42,49H,4,9-13H2,(H,36,43)(H,37,44)(H,38,47)(H,45,46)/t20-,23?/m0/s1. The molecule has 3 aromatic carbocycles. The van der Waals surface area contributed by atoms with Gasteiger partial charge in [0.2, 0.25) is 5.91 Å². The van der Waals surface area contributed by atoms with Gasteiger partial charge in [-0.3, -0.25) is 9.59 Å². The van der Waals surface area contributed by atoms with Crippen molar-refractivity contribution in [3.63, 3.8) is 0 Å². The molecule has 5 rings (SSSR count). The van der Waals surface area contributed by atoms with Crippen molar-refractivity contribution in [1.29, 1.82) is 0 Å². The minimum absolute atomic E-state index is 0.105. The molecule has 2 heterocycles. The van der Waals surface area contributed by atoms with Gasteiger partial charge >= 0.3 is 25.1 Å². The number of fused-ring (bicyclic) bond motifs is 1. The van der Waals surface area contributed by atoms with Crippen LogP contribution >= 0.6 is 11.6 Å². The largest absolute Gasteiger partial charge is 0.547 e. The molecule has 0 aliphatic carbocycles. The predicted octanol–water partition coefficient (Wildman–Crippen LogP) is 2.18. The van der Waals surface area contributed by atoms with Crippen LogP contribution in [0.1, 0.15) is 44.3 Å². The van der Waals surface area contributed by atoms with Crippen molar-refractivity contribution < 1.29 is 57.8 Å². The molecule has 0 bridgehead atoms. The zero-order valence-corrected chi connectivity index (χ0v) is 26.6. The fraction of sp³-hybridized carbons (Fsp3) is 0.258. The molecule has 15 nitrogen and oxygen atoms in total. The van der Waals surface area contributed by atoms with Crippen molar-refractivity contribution in [3.05, 3.63) is 87.4 Å². The highest BCUT2D eigenvalue weighted by atomic mass is 35.5. The topological polar surface area (TPSA) is 218 Å². The molecule has 3 aromatic rings. The molecule has 7 N–H and O–H groups in total. The lowest BCUT2D eigenvalue weighted by molar-refractivity contribution is -0.123. The van der Waals surface area contributed by atoms with Crippen LogP contribution in [-0.2, 0) is 11.2 Å². The van der Waals surface area contributed by atoms with E-state index in [9.17, 15) is 53.1 Å². The van der Waals surface area contributed by atoms with E-state index < -0.39 is 88.1 Å². The van der Waals surface area contributed by atoms with Crippen LogP contribution in [0.5, 0.6) is 17.2 Å². The molecule has 50 heavy (non-hydrogen) atoms. The second-order valence-corrected chi connectivity index (χ2v) is 11.7. The SMILES string of the molecule is O=C(NCCCN1CCN(C(=O)NC(C(=O)N[C@H]2Cc3ccc(F)c(C(=O)O)c3OB2O)c2cc(F)c(O)c(O)c2Cl)C1=O)c1ccccc1. The van der Waals surface area contributed by atoms with Crippen molar-refractivity contribution in [1.82, 2.24) is 25.8 Å². The minimum atomic E-state index is -1.94. The molecule has 262 valence electrons. The van der Waals surface area contributed by atoms with Crippen LogP contribution in [0.2, 0.25) is 5.02 Å². The van der Waals surface area contributed by atoms with Crippen LogP contribution in [0.15, 0.2) is 48.5 Å². The maximum absolute atomic E-state index is 14.6. The van der Waals surface area contributed by atoms with Gasteiger partial charge in [-0.25, -0.2) is 28.1 Å². The van der Waals surface area contributed by atoms with Gasteiger partial charge in [0.15, 0.2) is 17.3 Å². The number of carboxylic acids is 1. The molecule has 1 saturated heterocycles. The summed E-state index contributed by atoms with van der Waals surface area (Å²) < 4.78 is 34.0. The van der Waals surface area contributed by atoms with Gasteiger partial charge in [0.05, 0.1) is 11.0 Å². The summed E-state index contributed by atoms with van der Waals surface area (Å²) in [6, 6.07) is 7.33. The maximum Gasteiger partial charge on any atom is 0.547 e. The number of carboxylic acid groups (broad SMARTS) is 1. The van der Waals surface area contributed by atoms with Crippen molar-refractivity contribution in [2.24, 2.45) is 0 Å². The lowest BCUT2D eigenvalue weighted by Gasteiger charge is -2.31. The summed E-state index contributed by atoms with van der Waals surface area (Å²) in [5.41, 5.74) is -0.802. The summed E-state index contributed by atoms with van der Waals surface area (Å²) in [6.45, 7) is 0.384. The Kier molecular flexibility index (Phi) is 10.6. The first-order valence-electron chi connectivity index (χ1n) is 15.1. The molecule has 0 radical (unpaired) electrons. The quantitative estimate of drug-likeness (QED) is 0.0922. The molecule has 0 aromatic heterocycles. The summed E-state index contributed by atoms with van der Waals surface area (Å²) in [5, 5.41) is 46.7. The van der Waals surface area contributed by atoms with Crippen LogP contribution in [0.4, 0.5) is 18.4 Å². The number of carbonyl (C=O) groups excluding carboxylic acids is 4. The van der Waals surface area contributed by atoms with Gasteiger partial charge in [-0.1, -0.05) is 35.9 Å². The predicted molar refractivity (Wildman–Crippen MR) is 171 cm³/mol. The molecule has 1 unspecified atom stereocenters. The van der Waals surface area contributed by atoms with Crippen molar-refractivity contribution in [2.45, 2.75) is 24.8 Å². The number of hydrogen-bond donors (Lipinski definition) is 7. The highest BCUT2D eigenvalue weighted by Gasteiger charge is 2.42. The van der Waals surface area contributed by atoms with Gasteiger partial charge in [-0.05, 0) is 42.7 Å². The Balaban J connectivity index is 1.29. The summed E-state index contributed by atoms with van der Waals surface area (Å²) in [5.74, 6) is -9.80. The van der Waals surface area contributed by atoms with Gasteiger partial charge in [-0.2, -0.15) is 0 Å². The molecule has 6 amide bonds. The molecule has 19 heteroatoms. The summed E-state index contributed by atoms with van der Waals surface area (Å²) >= 11 is 6.14. The zero-order chi connectivity index (χ0) is 36.3. The van der Waals surface area contributed by atoms with E-state index >= 15 is 0 Å². The zero-order valence-electron chi connectivity index (χ0n) is 25.9. The van der Waals surface area contributed by atoms with E-state index in [1.807, 2.05) is 0 Å². The van der Waals surface area contributed by atoms with E-state index in [0.29, 0.717) is 18.1 Å². The first-order valence-corrected chi connectivity index (χ1v) is 15.5. The number of phenolic OH excluding ortho intramolecular Hbond substituents is 2. The van der Waals surface area contributed by atoms with Crippen molar-refractivity contribution in [2.75, 3.05) is 26.2 Å². The van der Waals surface area contributed by atoms with Crippen molar-refractivity contribution in [3.8, 4) is 17.2 Å². The summed E-state index contributed by atoms with van der Waals surface area (Å²) in [6.07, 6.45) is 0.0692. The van der Waals surface area contributed by atoms with E-state index in [-0.39, 0.29) is 44.1 Å². The second kappa shape index (κ2) is 14.9. The van der Waals surface area contributed by atoms with E-state index in [1.54, 1.807) is 30.3 Å². The highest BCUT2D eigenvalue weighted by molar-refractivity contribution is 6.47. The average Bonchev–Trinajstić information content (AvgIpc) is 3.46. The fourth-order valence-electron chi connectivity index (χ4n) is 5.49. The van der Waals surface area contributed by atoms with Crippen LogP contribution in [0.3, 0.4) is 0 Å². The lowest BCUT2D eigenvalue weighted by Crippen LogP contribution is -2.56. The van der Waals surface area contributed by atoms with Gasteiger partial charge in [0, 0.05) is 37.3 Å². The number of aromatic carboxylic acids is 1. The third-order valence-electron chi connectivity index (χ3n) is 8.05. The first kappa shape index (κ1) is 35.7. The Morgan fingerprint density at radius 2 is 1.76 bits per heavy atom. The number of hydrogen-bond acceptors (Lipinski definition) is 9. The molecular weight excluding hydrogens is 687 g/mol. The molecule has 1 fully saturated rings. The van der Waals surface area contributed by atoms with E-state index in [4.69, 9.17) is 16.3 Å². The average molecular weight is 716 g/mol. The number of imide groups is 1. The van der Waals surface area contributed by atoms with Crippen LogP contribution in [-0.4, -0.2) is 99.2 Å². The normalized spacial score (nSPS) is 16.0. The van der Waals surface area contributed by atoms with E-state index in [0.717, 1.165) is 11.0 Å². The minimum Gasteiger partial charge on any atom is -0.534 e. The Morgan fingerprint density at radius 3 is 2.46 bits per heavy atom. The number of halogens is 3. The fourth-order valence-corrected chi connectivity index (χ4v) is 5.74. The number of nitrogens with one attached hydrogen (secondary N) is 3. The number of nitrogens with zero attached hydrogens (tertiary/aromatic N) is 2. The van der Waals surface area contributed by atoms with Crippen LogP contribution < -0.4 is 20.6 Å². The molecular formula is C31H29BClF2N5O10. The highest BCUT2D eigenvalue weighted by Crippen LogP contribution is 2.40. The molecule has 2 atom stereocenters. The van der Waals surface area contributed by atoms with Gasteiger partial charge in [0.25, 0.3) is 5.91 Å². The number of carbonyl (C=O) groups is 5. The maximum atomic E-state index is 14.6. The van der Waals surface area contributed by atoms with Crippen LogP contribution in [0, 0.1) is 11.6 Å². The second-order valence-electron chi connectivity index (χ2n) is 11.3. The smallest absolute Gasteiger partial charge is 0.534 e. The Morgan fingerprint density at radius 1 is 1.04 bits per heavy atom. The van der Waals surface area contributed by atoms with E-state index in [2.05, 4.69) is 16.0 Å². The number of amides is 6. The Bertz CT molecular complexity index is 1860. The molecule has 0 saturated carbocycles. The van der Waals surface area contributed by atoms with E-state index in [1.165, 1.54) is 11.0 Å². The number of rotatable bonds is 10. The van der Waals surface area contributed by atoms with Gasteiger partial charge < -0.3 is 45.8 Å². The number of benzene rings is 3. The Labute approximate surface area is 287 Å². The van der Waals surface area contributed by atoms with Gasteiger partial charge in [-0.15, -0.1) is 0 Å². The number of aromatic hydroxyl groups is 2. The Hall–Kier alpha value is -5.62. The van der Waals surface area contributed by atoms with Crippen LogP contribution in [0.25, 0.3) is 0 Å². The number of phenols is 2. The van der Waals surface area contributed by atoms with Crippen molar-refractivity contribution >= 4 is 48.6 Å². The monoisotopic (exact) mass is 715 g/mol. The summed E-state index contributed by atoms with van der Waals surface area (Å²) in [7, 11) is -1.92. The summed E-state index contributed by atoms with van der Waals surface area (Å²) in [4.78, 5) is 66.1. The first-order chi connectivity index (χ1) is 23.8. The number of urea groups is 2. The molecule has 2 aliphatic heterocycles. The third kappa shape index (κ3) is 7.35. The molecule has 0 spiro atoms. The molecule has 2 aliphatic rings. The third-order valence-corrected chi connectivity index (χ3v) is 8.45. The lowest BCUT2D eigenvalue weighted by atomic mass is 9.72. The van der Waals surface area contributed by atoms with Gasteiger partial charge in [0.1, 0.15) is 23.2 Å².